The lowest BCUT2D eigenvalue weighted by Crippen LogP contribution is -2.38. The Bertz CT molecular complexity index is 2010. The SMILES string of the molecule is O=c1/c(=C\c2cccc(COc3ccc(I)cc3I)c2)sc2n1[C@@H](c1ccccc1)C1=C(N=2)c2ccccc2CC1. The van der Waals surface area contributed by atoms with Crippen LogP contribution < -0.4 is 19.6 Å². The van der Waals surface area contributed by atoms with E-state index in [1.165, 1.54) is 31.6 Å². The monoisotopic (exact) mass is 778 g/mol. The third-order valence-electron chi connectivity index (χ3n) is 7.53. The Labute approximate surface area is 269 Å². The van der Waals surface area contributed by atoms with Crippen LogP contribution in [0.5, 0.6) is 5.75 Å². The van der Waals surface area contributed by atoms with Crippen LogP contribution in [0, 0.1) is 7.14 Å². The quantitative estimate of drug-likeness (QED) is 0.179. The van der Waals surface area contributed by atoms with Gasteiger partial charge < -0.3 is 4.74 Å². The highest BCUT2D eigenvalue weighted by atomic mass is 127. The number of allylic oxidation sites excluding steroid dienone is 1. The fourth-order valence-corrected chi connectivity index (χ4v) is 8.39. The summed E-state index contributed by atoms with van der Waals surface area (Å²) in [5, 5.41) is 0. The average Bonchev–Trinajstić information content (AvgIpc) is 3.30. The van der Waals surface area contributed by atoms with Crippen molar-refractivity contribution in [3.8, 4) is 5.75 Å². The molecule has 2 aliphatic rings. The highest BCUT2D eigenvalue weighted by Gasteiger charge is 2.32. The molecule has 1 aromatic heterocycles. The zero-order chi connectivity index (χ0) is 27.9. The smallest absolute Gasteiger partial charge is 0.271 e. The van der Waals surface area contributed by atoms with E-state index in [0.29, 0.717) is 11.1 Å². The number of fused-ring (bicyclic) bond motifs is 3. The number of hydrogen-bond acceptors (Lipinski definition) is 4. The van der Waals surface area contributed by atoms with Gasteiger partial charge in [-0.3, -0.25) is 9.36 Å². The molecule has 7 heteroatoms. The predicted molar refractivity (Wildman–Crippen MR) is 182 cm³/mol. The zero-order valence-corrected chi connectivity index (χ0v) is 27.0. The first-order valence-electron chi connectivity index (χ1n) is 13.4. The number of rotatable bonds is 5. The van der Waals surface area contributed by atoms with Crippen molar-refractivity contribution in [2.45, 2.75) is 25.5 Å². The fraction of sp³-hybridized carbons (Fsp3) is 0.118. The van der Waals surface area contributed by atoms with Crippen molar-refractivity contribution in [3.05, 3.63) is 157 Å². The highest BCUT2D eigenvalue weighted by molar-refractivity contribution is 14.1. The van der Waals surface area contributed by atoms with Crippen LogP contribution in [0.2, 0.25) is 0 Å². The molecule has 0 radical (unpaired) electrons. The van der Waals surface area contributed by atoms with Crippen LogP contribution in [-0.4, -0.2) is 4.57 Å². The second-order valence-corrected chi connectivity index (χ2v) is 13.5. The Morgan fingerprint density at radius 2 is 1.76 bits per heavy atom. The Morgan fingerprint density at radius 3 is 2.61 bits per heavy atom. The lowest BCUT2D eigenvalue weighted by Gasteiger charge is -2.30. The van der Waals surface area contributed by atoms with Gasteiger partial charge in [-0.05, 0) is 116 Å². The largest absolute Gasteiger partial charge is 0.488 e. The van der Waals surface area contributed by atoms with E-state index in [2.05, 4.69) is 99.8 Å². The molecule has 0 saturated carbocycles. The number of thiazole rings is 1. The maximum Gasteiger partial charge on any atom is 0.271 e. The van der Waals surface area contributed by atoms with Gasteiger partial charge in [-0.15, -0.1) is 0 Å². The molecule has 202 valence electrons. The van der Waals surface area contributed by atoms with E-state index in [1.807, 2.05) is 53.1 Å². The van der Waals surface area contributed by atoms with Gasteiger partial charge in [0.2, 0.25) is 0 Å². The Hall–Kier alpha value is -3.02. The minimum Gasteiger partial charge on any atom is -0.488 e. The Balaban J connectivity index is 1.29. The molecule has 0 unspecified atom stereocenters. The third kappa shape index (κ3) is 5.23. The molecule has 4 nitrogen and oxygen atoms in total. The molecule has 0 fully saturated rings. The summed E-state index contributed by atoms with van der Waals surface area (Å²) in [5.74, 6) is 0.871. The van der Waals surface area contributed by atoms with E-state index in [1.54, 1.807) is 0 Å². The van der Waals surface area contributed by atoms with E-state index in [9.17, 15) is 4.79 Å². The summed E-state index contributed by atoms with van der Waals surface area (Å²) in [5.41, 5.74) is 7.89. The van der Waals surface area contributed by atoms with Crippen molar-refractivity contribution in [1.82, 2.24) is 4.57 Å². The van der Waals surface area contributed by atoms with Crippen LogP contribution in [0.4, 0.5) is 0 Å². The fourth-order valence-electron chi connectivity index (χ4n) is 5.64. The molecule has 0 N–H and O–H groups in total. The van der Waals surface area contributed by atoms with E-state index >= 15 is 0 Å². The standard InChI is InChI=1S/C34H24I2N2O2S/c35-25-14-16-29(28(36)19-25)40-20-22-8-6-7-21(17-22)18-30-33(39)38-32(24-10-2-1-3-11-24)27-15-13-23-9-4-5-12-26(23)31(27)37-34(38)41-30/h1-12,14,16-19,32H,13,15,20H2/b30-18+/t32-/m0/s1. The van der Waals surface area contributed by atoms with E-state index in [0.717, 1.165) is 49.4 Å². The van der Waals surface area contributed by atoms with Gasteiger partial charge >= 0.3 is 0 Å². The van der Waals surface area contributed by atoms with E-state index in [4.69, 9.17) is 9.73 Å². The molecule has 1 aliphatic heterocycles. The number of halogens is 2. The number of nitrogens with zero attached hydrogens (tertiary/aromatic N) is 2. The third-order valence-corrected chi connectivity index (χ3v) is 10.0. The van der Waals surface area contributed by atoms with Gasteiger partial charge in [-0.2, -0.15) is 0 Å². The maximum atomic E-state index is 14.0. The maximum absolute atomic E-state index is 14.0. The molecule has 0 saturated heterocycles. The number of benzene rings is 4. The Morgan fingerprint density at radius 1 is 0.927 bits per heavy atom. The lowest BCUT2D eigenvalue weighted by molar-refractivity contribution is 0.304. The molecule has 4 aromatic carbocycles. The van der Waals surface area contributed by atoms with Crippen molar-refractivity contribution in [2.75, 3.05) is 0 Å². The van der Waals surface area contributed by atoms with Crippen molar-refractivity contribution >= 4 is 68.3 Å². The van der Waals surface area contributed by atoms with E-state index in [-0.39, 0.29) is 11.6 Å². The summed E-state index contributed by atoms with van der Waals surface area (Å²) in [7, 11) is 0. The molecule has 0 spiro atoms. The van der Waals surface area contributed by atoms with Crippen molar-refractivity contribution in [2.24, 2.45) is 4.99 Å². The van der Waals surface area contributed by atoms with Gasteiger partial charge in [-0.1, -0.05) is 84.1 Å². The van der Waals surface area contributed by atoms with Gasteiger partial charge in [0.25, 0.3) is 5.56 Å². The molecular weight excluding hydrogens is 754 g/mol. The van der Waals surface area contributed by atoms with Gasteiger partial charge in [0, 0.05) is 9.13 Å². The van der Waals surface area contributed by atoms with Crippen LogP contribution in [0.1, 0.15) is 40.3 Å². The van der Waals surface area contributed by atoms with Gasteiger partial charge in [-0.25, -0.2) is 4.99 Å². The normalized spacial score (nSPS) is 16.0. The van der Waals surface area contributed by atoms with Crippen LogP contribution in [0.3, 0.4) is 0 Å². The second-order valence-electron chi connectivity index (χ2n) is 10.1. The highest BCUT2D eigenvalue weighted by Crippen LogP contribution is 2.41. The minimum absolute atomic E-state index is 0.00288. The zero-order valence-electron chi connectivity index (χ0n) is 21.9. The molecule has 41 heavy (non-hydrogen) atoms. The first-order valence-corrected chi connectivity index (χ1v) is 16.4. The first kappa shape index (κ1) is 26.9. The number of ether oxygens (including phenoxy) is 1. The second kappa shape index (κ2) is 11.3. The molecule has 7 rings (SSSR count). The average molecular weight is 778 g/mol. The summed E-state index contributed by atoms with van der Waals surface area (Å²) in [6.45, 7) is 0.458. The van der Waals surface area contributed by atoms with Gasteiger partial charge in [0.1, 0.15) is 12.4 Å². The molecular formula is C34H24I2N2O2S. The summed E-state index contributed by atoms with van der Waals surface area (Å²) in [4.78, 5) is 19.9. The summed E-state index contributed by atoms with van der Waals surface area (Å²) in [6, 6.07) is 33.1. The van der Waals surface area contributed by atoms with Gasteiger partial charge in [0.05, 0.1) is 19.8 Å². The summed E-state index contributed by atoms with van der Waals surface area (Å²) in [6.07, 6.45) is 3.83. The van der Waals surface area contributed by atoms with Crippen LogP contribution >= 0.6 is 56.5 Å². The molecule has 0 amide bonds. The first-order chi connectivity index (χ1) is 20.0. The van der Waals surface area contributed by atoms with Crippen LogP contribution in [0.25, 0.3) is 11.8 Å². The van der Waals surface area contributed by atoms with Crippen LogP contribution in [0.15, 0.2) is 112 Å². The number of aromatic nitrogens is 1. The lowest BCUT2D eigenvalue weighted by atomic mass is 9.83. The minimum atomic E-state index is -0.158. The number of aryl methyl sites for hydroxylation is 1. The van der Waals surface area contributed by atoms with Crippen molar-refractivity contribution < 1.29 is 4.74 Å². The van der Waals surface area contributed by atoms with Crippen molar-refractivity contribution in [3.63, 3.8) is 0 Å². The number of hydrogen-bond donors (Lipinski definition) is 0. The summed E-state index contributed by atoms with van der Waals surface area (Å²) < 4.78 is 11.0. The van der Waals surface area contributed by atoms with Gasteiger partial charge in [0.15, 0.2) is 4.80 Å². The molecule has 5 aromatic rings. The predicted octanol–water partition coefficient (Wildman–Crippen LogP) is 7.11. The van der Waals surface area contributed by atoms with Crippen LogP contribution in [-0.2, 0) is 13.0 Å². The molecule has 2 heterocycles. The topological polar surface area (TPSA) is 43.6 Å². The molecule has 0 bridgehead atoms. The summed E-state index contributed by atoms with van der Waals surface area (Å²) >= 11 is 6.08. The van der Waals surface area contributed by atoms with E-state index < -0.39 is 0 Å². The molecule has 1 atom stereocenters. The Kier molecular flexibility index (Phi) is 7.43. The molecule has 1 aliphatic carbocycles. The van der Waals surface area contributed by atoms with Crippen molar-refractivity contribution in [1.29, 1.82) is 0 Å².